The van der Waals surface area contributed by atoms with Gasteiger partial charge in [-0.25, -0.2) is 4.39 Å². The zero-order valence-electron chi connectivity index (χ0n) is 11.8. The molecule has 106 valence electrons. The monoisotopic (exact) mass is 296 g/mol. The fourth-order valence-corrected chi connectivity index (χ4v) is 3.04. The van der Waals surface area contributed by atoms with Gasteiger partial charge < -0.3 is 9.31 Å². The minimum atomic E-state index is -0.769. The second-order valence-electron chi connectivity index (χ2n) is 6.03. The largest absolute Gasteiger partial charge is 0.497 e. The Morgan fingerprint density at radius 2 is 1.65 bits per heavy atom. The van der Waals surface area contributed by atoms with E-state index in [0.717, 1.165) is 11.3 Å². The second kappa shape index (κ2) is 4.26. The van der Waals surface area contributed by atoms with Gasteiger partial charge in [0, 0.05) is 5.46 Å². The molecule has 2 heterocycles. The quantitative estimate of drug-likeness (QED) is 0.750. The van der Waals surface area contributed by atoms with Gasteiger partial charge in [0.1, 0.15) is 5.82 Å². The first-order chi connectivity index (χ1) is 9.21. The molecule has 3 rings (SSSR count). The molecule has 0 radical (unpaired) electrons. The van der Waals surface area contributed by atoms with Gasteiger partial charge in [-0.1, -0.05) is 12.1 Å². The summed E-state index contributed by atoms with van der Waals surface area (Å²) in [4.78, 5) is 0. The second-order valence-corrected chi connectivity index (χ2v) is 7.03. The summed E-state index contributed by atoms with van der Waals surface area (Å²) >= 11 is 0.799. The molecule has 20 heavy (non-hydrogen) atoms. The molecule has 2 aromatic rings. The maximum absolute atomic E-state index is 14.5. The number of hydrogen-bond donors (Lipinski definition) is 0. The maximum atomic E-state index is 14.5. The van der Waals surface area contributed by atoms with E-state index in [1.807, 2.05) is 27.7 Å². The van der Waals surface area contributed by atoms with Crippen LogP contribution in [0, 0.1) is 10.9 Å². The fraction of sp³-hybridized carbons (Fsp3) is 0.429. The number of rotatable bonds is 1. The molecule has 1 saturated heterocycles. The first kappa shape index (κ1) is 14.0. The topological polar surface area (TPSA) is 18.5 Å². The Bertz CT molecular complexity index is 665. The zero-order chi connectivity index (χ0) is 14.7. The molecule has 0 N–H and O–H groups in total. The van der Waals surface area contributed by atoms with Crippen LogP contribution in [0.25, 0.3) is 10.1 Å². The van der Waals surface area contributed by atoms with Gasteiger partial charge in [0.2, 0.25) is 0 Å². The van der Waals surface area contributed by atoms with Crippen LogP contribution in [0.2, 0.25) is 0 Å². The number of benzene rings is 1. The summed E-state index contributed by atoms with van der Waals surface area (Å²) in [5.74, 6) is -0.463. The normalized spacial score (nSPS) is 20.8. The third kappa shape index (κ3) is 1.98. The van der Waals surface area contributed by atoms with Crippen LogP contribution < -0.4 is 5.46 Å². The van der Waals surface area contributed by atoms with Gasteiger partial charge in [0.25, 0.3) is 0 Å². The van der Waals surface area contributed by atoms with Gasteiger partial charge >= 0.3 is 7.12 Å². The lowest BCUT2D eigenvalue weighted by Crippen LogP contribution is -2.41. The van der Waals surface area contributed by atoms with Crippen molar-refractivity contribution in [1.82, 2.24) is 0 Å². The molecule has 1 aliphatic rings. The van der Waals surface area contributed by atoms with Gasteiger partial charge in [-0.15, -0.1) is 11.3 Å². The molecule has 1 fully saturated rings. The lowest BCUT2D eigenvalue weighted by Gasteiger charge is -2.32. The van der Waals surface area contributed by atoms with Crippen molar-refractivity contribution in [2.24, 2.45) is 0 Å². The minimum Gasteiger partial charge on any atom is -0.399 e. The Balaban J connectivity index is 2.06. The van der Waals surface area contributed by atoms with E-state index >= 15 is 0 Å². The van der Waals surface area contributed by atoms with Crippen LogP contribution in [0.4, 0.5) is 8.78 Å². The Hall–Kier alpha value is -0.975. The molecule has 0 spiro atoms. The van der Waals surface area contributed by atoms with E-state index in [4.69, 9.17) is 9.31 Å². The Kier molecular flexibility index (Phi) is 2.98. The summed E-state index contributed by atoms with van der Waals surface area (Å²) in [5, 5.41) is 0.162. The molecular formula is C14H15BF2O2S. The van der Waals surface area contributed by atoms with Crippen molar-refractivity contribution < 1.29 is 18.1 Å². The van der Waals surface area contributed by atoms with Crippen molar-refractivity contribution in [3.05, 3.63) is 29.1 Å². The van der Waals surface area contributed by atoms with Crippen molar-refractivity contribution in [3.8, 4) is 0 Å². The van der Waals surface area contributed by atoms with E-state index in [2.05, 4.69) is 0 Å². The minimum absolute atomic E-state index is 0.301. The van der Waals surface area contributed by atoms with Gasteiger partial charge in [0.05, 0.1) is 15.9 Å². The molecule has 0 unspecified atom stereocenters. The molecule has 0 atom stereocenters. The van der Waals surface area contributed by atoms with Crippen molar-refractivity contribution in [3.63, 3.8) is 0 Å². The summed E-state index contributed by atoms with van der Waals surface area (Å²) < 4.78 is 39.7. The van der Waals surface area contributed by atoms with Gasteiger partial charge in [-0.05, 0) is 39.1 Å². The Labute approximate surface area is 120 Å². The standard InChI is InChI=1S/C14H15BF2O2S/c1-13(2)14(3,4)19-15(18-13)9-6-5-8-7-10(16)20-12(8)11(9)17/h5-7H,1-4H3. The smallest absolute Gasteiger partial charge is 0.399 e. The summed E-state index contributed by atoms with van der Waals surface area (Å²) in [7, 11) is -0.769. The van der Waals surface area contributed by atoms with Crippen LogP contribution in [-0.4, -0.2) is 18.3 Å². The molecule has 0 saturated carbocycles. The predicted molar refractivity (Wildman–Crippen MR) is 77.5 cm³/mol. The lowest BCUT2D eigenvalue weighted by molar-refractivity contribution is 0.00578. The first-order valence-corrected chi connectivity index (χ1v) is 7.26. The molecule has 0 aliphatic carbocycles. The van der Waals surface area contributed by atoms with Crippen molar-refractivity contribution in [1.29, 1.82) is 0 Å². The molecule has 2 nitrogen and oxygen atoms in total. The highest BCUT2D eigenvalue weighted by Crippen LogP contribution is 2.37. The average Bonchev–Trinajstić information content (AvgIpc) is 2.78. The van der Waals surface area contributed by atoms with Gasteiger partial charge in [-0.2, -0.15) is 4.39 Å². The lowest BCUT2D eigenvalue weighted by atomic mass is 9.78. The molecular weight excluding hydrogens is 281 g/mol. The van der Waals surface area contributed by atoms with E-state index < -0.39 is 29.3 Å². The third-order valence-electron chi connectivity index (χ3n) is 4.13. The third-order valence-corrected chi connectivity index (χ3v) is 5.07. The fourth-order valence-electron chi connectivity index (χ4n) is 2.20. The van der Waals surface area contributed by atoms with E-state index in [9.17, 15) is 8.78 Å². The highest BCUT2D eigenvalue weighted by atomic mass is 32.1. The predicted octanol–water partition coefficient (Wildman–Crippen LogP) is 3.48. The van der Waals surface area contributed by atoms with Crippen LogP contribution in [0.5, 0.6) is 0 Å². The number of fused-ring (bicyclic) bond motifs is 1. The van der Waals surface area contributed by atoms with E-state index in [1.54, 1.807) is 12.1 Å². The SMILES string of the molecule is CC1(C)OB(c2ccc3cc(F)sc3c2F)OC1(C)C. The van der Waals surface area contributed by atoms with E-state index in [-0.39, 0.29) is 0 Å². The summed E-state index contributed by atoms with van der Waals surface area (Å²) in [6.45, 7) is 7.64. The summed E-state index contributed by atoms with van der Waals surface area (Å²) in [5.41, 5.74) is -0.738. The highest BCUT2D eigenvalue weighted by molar-refractivity contribution is 7.17. The van der Waals surface area contributed by atoms with Crippen molar-refractivity contribution in [2.75, 3.05) is 0 Å². The van der Waals surface area contributed by atoms with Crippen LogP contribution in [0.15, 0.2) is 18.2 Å². The van der Waals surface area contributed by atoms with Gasteiger partial charge in [0.15, 0.2) is 5.13 Å². The number of halogens is 2. The molecule has 1 aromatic carbocycles. The molecule has 6 heteroatoms. The molecule has 0 bridgehead atoms. The summed E-state index contributed by atoms with van der Waals surface area (Å²) in [6, 6.07) is 4.63. The zero-order valence-corrected chi connectivity index (χ0v) is 12.6. The van der Waals surface area contributed by atoms with Crippen LogP contribution in [0.1, 0.15) is 27.7 Å². The van der Waals surface area contributed by atoms with Crippen molar-refractivity contribution in [2.45, 2.75) is 38.9 Å². The highest BCUT2D eigenvalue weighted by Gasteiger charge is 2.52. The average molecular weight is 296 g/mol. The van der Waals surface area contributed by atoms with Crippen LogP contribution in [0.3, 0.4) is 0 Å². The van der Waals surface area contributed by atoms with Crippen LogP contribution in [-0.2, 0) is 9.31 Å². The molecule has 1 aromatic heterocycles. The van der Waals surface area contributed by atoms with Gasteiger partial charge in [-0.3, -0.25) is 0 Å². The van der Waals surface area contributed by atoms with E-state index in [1.165, 1.54) is 6.07 Å². The number of hydrogen-bond acceptors (Lipinski definition) is 3. The molecule has 0 amide bonds. The Morgan fingerprint density at radius 1 is 1.05 bits per heavy atom. The van der Waals surface area contributed by atoms with E-state index in [0.29, 0.717) is 15.5 Å². The van der Waals surface area contributed by atoms with Crippen molar-refractivity contribution >= 4 is 34.0 Å². The van der Waals surface area contributed by atoms with Crippen LogP contribution >= 0.6 is 11.3 Å². The number of thiophene rings is 1. The molecule has 1 aliphatic heterocycles. The first-order valence-electron chi connectivity index (χ1n) is 6.44. The summed E-state index contributed by atoms with van der Waals surface area (Å²) in [6.07, 6.45) is 0. The maximum Gasteiger partial charge on any atom is 0.497 e. The Morgan fingerprint density at radius 3 is 2.25 bits per heavy atom.